The molecule has 0 aliphatic heterocycles. The highest BCUT2D eigenvalue weighted by Gasteiger charge is 2.17. The third-order valence-corrected chi connectivity index (χ3v) is 4.57. The second-order valence-corrected chi connectivity index (χ2v) is 6.46. The molecule has 4 aromatic rings. The summed E-state index contributed by atoms with van der Waals surface area (Å²) in [6, 6.07) is 21.7. The van der Waals surface area contributed by atoms with Gasteiger partial charge in [-0.3, -0.25) is 19.6 Å². The van der Waals surface area contributed by atoms with Crippen LogP contribution in [0.4, 0.5) is 11.4 Å². The number of rotatable bonds is 4. The van der Waals surface area contributed by atoms with Crippen molar-refractivity contribution in [2.24, 2.45) is 0 Å². The van der Waals surface area contributed by atoms with E-state index in [0.717, 1.165) is 11.1 Å². The molecule has 2 heterocycles. The highest BCUT2D eigenvalue weighted by atomic mass is 16.2. The molecule has 0 saturated carbocycles. The zero-order valence-electron chi connectivity index (χ0n) is 15.7. The first-order valence-corrected chi connectivity index (χ1v) is 9.08. The number of para-hydroxylation sites is 2. The molecule has 0 aliphatic carbocycles. The van der Waals surface area contributed by atoms with E-state index in [2.05, 4.69) is 15.3 Å². The molecule has 6 nitrogen and oxygen atoms in total. The predicted octanol–water partition coefficient (Wildman–Crippen LogP) is 4.16. The number of aromatic nitrogens is 2. The quantitative estimate of drug-likeness (QED) is 0.575. The minimum Gasteiger partial charge on any atom is -0.319 e. The Morgan fingerprint density at radius 3 is 2.48 bits per heavy atom. The molecule has 29 heavy (non-hydrogen) atoms. The van der Waals surface area contributed by atoms with Crippen LogP contribution < -0.4 is 10.2 Å². The summed E-state index contributed by atoms with van der Waals surface area (Å²) in [6.45, 7) is 0. The van der Waals surface area contributed by atoms with Crippen molar-refractivity contribution < 1.29 is 9.59 Å². The van der Waals surface area contributed by atoms with Crippen molar-refractivity contribution in [2.75, 3.05) is 17.3 Å². The third kappa shape index (κ3) is 3.82. The van der Waals surface area contributed by atoms with Gasteiger partial charge in [0, 0.05) is 36.1 Å². The van der Waals surface area contributed by atoms with Gasteiger partial charge in [0.25, 0.3) is 11.8 Å². The van der Waals surface area contributed by atoms with Gasteiger partial charge in [-0.1, -0.05) is 36.4 Å². The van der Waals surface area contributed by atoms with Gasteiger partial charge < -0.3 is 10.2 Å². The summed E-state index contributed by atoms with van der Waals surface area (Å²) in [6.07, 6.45) is 3.14. The molecule has 2 aromatic carbocycles. The average molecular weight is 382 g/mol. The van der Waals surface area contributed by atoms with Crippen LogP contribution in [0, 0.1) is 0 Å². The smallest absolute Gasteiger partial charge is 0.274 e. The number of hydrogen-bond donors (Lipinski definition) is 1. The molecular formula is C23H18N4O2. The molecule has 0 unspecified atom stereocenters. The van der Waals surface area contributed by atoms with Gasteiger partial charge in [-0.05, 0) is 36.4 Å². The Morgan fingerprint density at radius 2 is 1.66 bits per heavy atom. The van der Waals surface area contributed by atoms with Crippen molar-refractivity contribution in [3.63, 3.8) is 0 Å². The largest absolute Gasteiger partial charge is 0.319 e. The zero-order chi connectivity index (χ0) is 20.2. The fraction of sp³-hybridized carbons (Fsp3) is 0.0435. The Balaban J connectivity index is 1.58. The topological polar surface area (TPSA) is 75.2 Å². The number of carbonyl (C=O) groups is 2. The van der Waals surface area contributed by atoms with Crippen LogP contribution in [0.5, 0.6) is 0 Å². The van der Waals surface area contributed by atoms with Crippen molar-refractivity contribution in [1.29, 1.82) is 0 Å². The van der Waals surface area contributed by atoms with Crippen LogP contribution in [0.25, 0.3) is 10.9 Å². The lowest BCUT2D eigenvalue weighted by Crippen LogP contribution is -2.26. The SMILES string of the molecule is CN(C(=O)c1ccnc(C(=O)Nc2cccc3cccnc23)c1)c1ccccc1. The number of hydrogen-bond acceptors (Lipinski definition) is 4. The van der Waals surface area contributed by atoms with Gasteiger partial charge in [0.1, 0.15) is 5.69 Å². The van der Waals surface area contributed by atoms with Crippen LogP contribution >= 0.6 is 0 Å². The molecule has 2 amide bonds. The number of pyridine rings is 2. The molecule has 0 atom stereocenters. The maximum absolute atomic E-state index is 12.8. The summed E-state index contributed by atoms with van der Waals surface area (Å²) >= 11 is 0. The van der Waals surface area contributed by atoms with E-state index < -0.39 is 5.91 Å². The minimum absolute atomic E-state index is 0.158. The normalized spacial score (nSPS) is 10.5. The Morgan fingerprint density at radius 1 is 0.862 bits per heavy atom. The molecule has 6 heteroatoms. The predicted molar refractivity (Wildman–Crippen MR) is 113 cm³/mol. The molecular weight excluding hydrogens is 364 g/mol. The van der Waals surface area contributed by atoms with Crippen molar-refractivity contribution in [2.45, 2.75) is 0 Å². The van der Waals surface area contributed by atoms with E-state index in [1.807, 2.05) is 54.6 Å². The molecule has 0 spiro atoms. The highest BCUT2D eigenvalue weighted by molar-refractivity contribution is 6.10. The number of carbonyl (C=O) groups excluding carboxylic acids is 2. The number of nitrogens with zero attached hydrogens (tertiary/aromatic N) is 3. The first-order valence-electron chi connectivity index (χ1n) is 9.08. The van der Waals surface area contributed by atoms with E-state index in [-0.39, 0.29) is 11.6 Å². The molecule has 2 aromatic heterocycles. The second kappa shape index (κ2) is 7.90. The second-order valence-electron chi connectivity index (χ2n) is 6.46. The lowest BCUT2D eigenvalue weighted by molar-refractivity contribution is 0.0993. The maximum atomic E-state index is 12.8. The van der Waals surface area contributed by atoms with E-state index >= 15 is 0 Å². The van der Waals surface area contributed by atoms with Crippen molar-refractivity contribution in [3.8, 4) is 0 Å². The summed E-state index contributed by atoms with van der Waals surface area (Å²) in [4.78, 5) is 35.6. The fourth-order valence-electron chi connectivity index (χ4n) is 3.04. The number of amides is 2. The van der Waals surface area contributed by atoms with Crippen LogP contribution in [-0.2, 0) is 0 Å². The van der Waals surface area contributed by atoms with Crippen molar-refractivity contribution >= 4 is 34.1 Å². The molecule has 142 valence electrons. The van der Waals surface area contributed by atoms with Gasteiger partial charge in [0.05, 0.1) is 11.2 Å². The lowest BCUT2D eigenvalue weighted by atomic mass is 10.1. The number of anilines is 2. The first-order chi connectivity index (χ1) is 14.1. The van der Waals surface area contributed by atoms with Gasteiger partial charge in [-0.25, -0.2) is 0 Å². The summed E-state index contributed by atoms with van der Waals surface area (Å²) in [5, 5.41) is 3.76. The first kappa shape index (κ1) is 18.3. The summed E-state index contributed by atoms with van der Waals surface area (Å²) in [5.74, 6) is -0.625. The average Bonchev–Trinajstić information content (AvgIpc) is 2.79. The molecule has 0 aliphatic rings. The number of nitrogens with one attached hydrogen (secondary N) is 1. The van der Waals surface area contributed by atoms with Gasteiger partial charge in [-0.2, -0.15) is 0 Å². The van der Waals surface area contributed by atoms with Crippen LogP contribution in [0.2, 0.25) is 0 Å². The summed E-state index contributed by atoms with van der Waals surface area (Å²) < 4.78 is 0. The standard InChI is InChI=1S/C23H18N4O2/c1-27(18-9-3-2-4-10-18)23(29)17-12-14-24-20(15-17)22(28)26-19-11-5-7-16-8-6-13-25-21(16)19/h2-15H,1H3,(H,26,28). The van der Waals surface area contributed by atoms with E-state index in [1.54, 1.807) is 25.4 Å². The van der Waals surface area contributed by atoms with E-state index in [4.69, 9.17) is 0 Å². The minimum atomic E-state index is -0.403. The molecule has 0 bridgehead atoms. The third-order valence-electron chi connectivity index (χ3n) is 4.57. The molecule has 0 saturated heterocycles. The highest BCUT2D eigenvalue weighted by Crippen LogP contribution is 2.21. The fourth-order valence-corrected chi connectivity index (χ4v) is 3.04. The van der Waals surface area contributed by atoms with Gasteiger partial charge in [0.15, 0.2) is 0 Å². The van der Waals surface area contributed by atoms with Gasteiger partial charge in [0.2, 0.25) is 0 Å². The number of fused-ring (bicyclic) bond motifs is 1. The Kier molecular flexibility index (Phi) is 4.99. The molecule has 0 radical (unpaired) electrons. The van der Waals surface area contributed by atoms with Crippen LogP contribution in [-0.4, -0.2) is 28.8 Å². The van der Waals surface area contributed by atoms with E-state index in [1.165, 1.54) is 17.2 Å². The molecule has 4 rings (SSSR count). The van der Waals surface area contributed by atoms with Gasteiger partial charge >= 0.3 is 0 Å². The Bertz CT molecular complexity index is 1190. The van der Waals surface area contributed by atoms with Gasteiger partial charge in [-0.15, -0.1) is 0 Å². The van der Waals surface area contributed by atoms with Crippen molar-refractivity contribution in [1.82, 2.24) is 9.97 Å². The summed E-state index contributed by atoms with van der Waals surface area (Å²) in [5.41, 5.74) is 2.59. The maximum Gasteiger partial charge on any atom is 0.274 e. The number of benzene rings is 2. The molecule has 1 N–H and O–H groups in total. The van der Waals surface area contributed by atoms with Crippen LogP contribution in [0.1, 0.15) is 20.8 Å². The van der Waals surface area contributed by atoms with E-state index in [9.17, 15) is 9.59 Å². The molecule has 0 fully saturated rings. The Labute approximate surface area is 167 Å². The Hall–Kier alpha value is -4.06. The van der Waals surface area contributed by atoms with Crippen LogP contribution in [0.15, 0.2) is 85.2 Å². The van der Waals surface area contributed by atoms with E-state index in [0.29, 0.717) is 16.8 Å². The van der Waals surface area contributed by atoms with Crippen molar-refractivity contribution in [3.05, 3.63) is 96.4 Å². The van der Waals surface area contributed by atoms with Crippen LogP contribution in [0.3, 0.4) is 0 Å². The zero-order valence-corrected chi connectivity index (χ0v) is 15.7. The monoisotopic (exact) mass is 382 g/mol. The lowest BCUT2D eigenvalue weighted by Gasteiger charge is -2.17. The summed E-state index contributed by atoms with van der Waals surface area (Å²) in [7, 11) is 1.69.